The Morgan fingerprint density at radius 1 is 1.16 bits per heavy atom. The third kappa shape index (κ3) is 3.27. The molecule has 1 atom stereocenters. The summed E-state index contributed by atoms with van der Waals surface area (Å²) < 4.78 is 39.2. The van der Waals surface area contributed by atoms with Crippen LogP contribution < -0.4 is 9.46 Å². The van der Waals surface area contributed by atoms with Gasteiger partial charge in [-0.05, 0) is 42.8 Å². The molecule has 1 N–H and O–H groups in total. The first-order valence-electron chi connectivity index (χ1n) is 8.27. The van der Waals surface area contributed by atoms with Crippen molar-refractivity contribution in [2.24, 2.45) is 0 Å². The van der Waals surface area contributed by atoms with Crippen LogP contribution in [-0.2, 0) is 22.9 Å². The molecule has 0 saturated heterocycles. The third-order valence-corrected chi connectivity index (χ3v) is 5.90. The van der Waals surface area contributed by atoms with Gasteiger partial charge in [-0.25, -0.2) is 13.1 Å². The van der Waals surface area contributed by atoms with Crippen LogP contribution in [0.1, 0.15) is 18.2 Å². The van der Waals surface area contributed by atoms with Crippen molar-refractivity contribution in [3.05, 3.63) is 59.9 Å². The standard InChI is InChI=1S/C19H19NO4S/c1-13(10-16-11-14-4-2-3-5-19(14)24-16)20-25(21,22)17-6-7-18-15(12-17)8-9-23-18/h2-7,11-13,20H,8-10H2,1H3/t13-/m0/s1. The normalized spacial score (nSPS) is 15.1. The first kappa shape index (κ1) is 16.2. The first-order valence-corrected chi connectivity index (χ1v) is 9.75. The summed E-state index contributed by atoms with van der Waals surface area (Å²) in [5.74, 6) is 1.54. The maximum Gasteiger partial charge on any atom is 0.240 e. The van der Waals surface area contributed by atoms with Crippen LogP contribution in [0.2, 0.25) is 0 Å². The van der Waals surface area contributed by atoms with Crippen LogP contribution in [0.25, 0.3) is 11.0 Å². The highest BCUT2D eigenvalue weighted by atomic mass is 32.2. The highest BCUT2D eigenvalue weighted by Crippen LogP contribution is 2.27. The molecular weight excluding hydrogens is 338 g/mol. The molecule has 4 rings (SSSR count). The molecule has 25 heavy (non-hydrogen) atoms. The molecule has 1 aromatic heterocycles. The number of fused-ring (bicyclic) bond motifs is 2. The quantitative estimate of drug-likeness (QED) is 0.761. The molecule has 0 spiro atoms. The van der Waals surface area contributed by atoms with E-state index in [1.807, 2.05) is 37.3 Å². The SMILES string of the molecule is C[C@@H](Cc1cc2ccccc2o1)NS(=O)(=O)c1ccc2c(c1)CCO2. The Morgan fingerprint density at radius 2 is 2.00 bits per heavy atom. The molecule has 2 aromatic carbocycles. The maximum atomic E-state index is 12.6. The van der Waals surface area contributed by atoms with Crippen molar-refractivity contribution in [1.82, 2.24) is 4.72 Å². The van der Waals surface area contributed by atoms with Crippen LogP contribution in [0.4, 0.5) is 0 Å². The number of ether oxygens (including phenoxy) is 1. The minimum absolute atomic E-state index is 0.271. The summed E-state index contributed by atoms with van der Waals surface area (Å²) in [6, 6.07) is 14.4. The fourth-order valence-corrected chi connectivity index (χ4v) is 4.44. The van der Waals surface area contributed by atoms with Crippen LogP contribution in [-0.4, -0.2) is 21.1 Å². The van der Waals surface area contributed by atoms with Gasteiger partial charge < -0.3 is 9.15 Å². The summed E-state index contributed by atoms with van der Waals surface area (Å²) in [7, 11) is -3.58. The lowest BCUT2D eigenvalue weighted by atomic mass is 10.2. The predicted molar refractivity (Wildman–Crippen MR) is 95.3 cm³/mol. The predicted octanol–water partition coefficient (Wildman–Crippen LogP) is 3.28. The number of benzene rings is 2. The summed E-state index contributed by atoms with van der Waals surface area (Å²) in [6.45, 7) is 2.44. The maximum absolute atomic E-state index is 12.6. The third-order valence-electron chi connectivity index (χ3n) is 4.31. The molecule has 1 aliphatic heterocycles. The van der Waals surface area contributed by atoms with Crippen LogP contribution in [0.15, 0.2) is 57.8 Å². The smallest absolute Gasteiger partial charge is 0.240 e. The Morgan fingerprint density at radius 3 is 2.84 bits per heavy atom. The number of nitrogens with one attached hydrogen (secondary N) is 1. The molecule has 2 heterocycles. The highest BCUT2D eigenvalue weighted by Gasteiger charge is 2.21. The van der Waals surface area contributed by atoms with Gasteiger partial charge >= 0.3 is 0 Å². The summed E-state index contributed by atoms with van der Waals surface area (Å²) in [5.41, 5.74) is 1.75. The van der Waals surface area contributed by atoms with E-state index in [2.05, 4.69) is 4.72 Å². The Kier molecular flexibility index (Phi) is 4.01. The lowest BCUT2D eigenvalue weighted by Gasteiger charge is -2.13. The molecule has 6 heteroatoms. The summed E-state index contributed by atoms with van der Waals surface area (Å²) in [4.78, 5) is 0.271. The van der Waals surface area contributed by atoms with E-state index < -0.39 is 10.0 Å². The van der Waals surface area contributed by atoms with E-state index >= 15 is 0 Å². The largest absolute Gasteiger partial charge is 0.493 e. The molecule has 0 unspecified atom stereocenters. The summed E-state index contributed by atoms with van der Waals surface area (Å²) in [5, 5.41) is 1.02. The molecule has 5 nitrogen and oxygen atoms in total. The fourth-order valence-electron chi connectivity index (χ4n) is 3.14. The zero-order valence-corrected chi connectivity index (χ0v) is 14.7. The first-order chi connectivity index (χ1) is 12.0. The Bertz CT molecular complexity index is 990. The molecule has 0 aliphatic carbocycles. The van der Waals surface area contributed by atoms with Crippen LogP contribution in [0.3, 0.4) is 0 Å². The van der Waals surface area contributed by atoms with E-state index in [4.69, 9.17) is 9.15 Å². The second-order valence-corrected chi connectivity index (χ2v) is 8.06. The summed E-state index contributed by atoms with van der Waals surface area (Å²) in [6.07, 6.45) is 1.23. The number of hydrogen-bond acceptors (Lipinski definition) is 4. The van der Waals surface area contributed by atoms with Crippen molar-refractivity contribution >= 4 is 21.0 Å². The van der Waals surface area contributed by atoms with E-state index in [1.54, 1.807) is 18.2 Å². The second kappa shape index (κ2) is 6.20. The zero-order chi connectivity index (χ0) is 17.4. The topological polar surface area (TPSA) is 68.5 Å². The lowest BCUT2D eigenvalue weighted by molar-refractivity contribution is 0.356. The molecule has 0 bridgehead atoms. The number of rotatable bonds is 5. The van der Waals surface area contributed by atoms with Gasteiger partial charge in [0.05, 0.1) is 11.5 Å². The molecule has 130 valence electrons. The molecule has 1 aliphatic rings. The monoisotopic (exact) mass is 357 g/mol. The minimum Gasteiger partial charge on any atom is -0.493 e. The van der Waals surface area contributed by atoms with E-state index in [0.717, 1.165) is 34.5 Å². The van der Waals surface area contributed by atoms with Gasteiger partial charge in [-0.15, -0.1) is 0 Å². The van der Waals surface area contributed by atoms with Crippen LogP contribution in [0.5, 0.6) is 5.75 Å². The van der Waals surface area contributed by atoms with E-state index in [0.29, 0.717) is 13.0 Å². The van der Waals surface area contributed by atoms with Gasteiger partial charge in [0, 0.05) is 24.3 Å². The van der Waals surface area contributed by atoms with Gasteiger partial charge in [0.15, 0.2) is 0 Å². The fraction of sp³-hybridized carbons (Fsp3) is 0.263. The van der Waals surface area contributed by atoms with E-state index in [1.165, 1.54) is 0 Å². The van der Waals surface area contributed by atoms with Crippen LogP contribution >= 0.6 is 0 Å². The van der Waals surface area contributed by atoms with Crippen molar-refractivity contribution < 1.29 is 17.6 Å². The van der Waals surface area contributed by atoms with E-state index in [-0.39, 0.29) is 10.9 Å². The minimum atomic E-state index is -3.58. The molecule has 0 radical (unpaired) electrons. The van der Waals surface area contributed by atoms with Gasteiger partial charge in [-0.1, -0.05) is 18.2 Å². The van der Waals surface area contributed by atoms with Crippen molar-refractivity contribution in [2.75, 3.05) is 6.61 Å². The highest BCUT2D eigenvalue weighted by molar-refractivity contribution is 7.89. The number of furan rings is 1. The number of sulfonamides is 1. The summed E-state index contributed by atoms with van der Waals surface area (Å²) >= 11 is 0. The van der Waals surface area contributed by atoms with Crippen molar-refractivity contribution in [3.63, 3.8) is 0 Å². The van der Waals surface area contributed by atoms with Gasteiger partial charge in [-0.3, -0.25) is 0 Å². The molecule has 3 aromatic rings. The Hall–Kier alpha value is -2.31. The lowest BCUT2D eigenvalue weighted by Crippen LogP contribution is -2.34. The molecule has 0 fully saturated rings. The van der Waals surface area contributed by atoms with Crippen LogP contribution in [0, 0.1) is 0 Å². The van der Waals surface area contributed by atoms with E-state index in [9.17, 15) is 8.42 Å². The average Bonchev–Trinajstić information content (AvgIpc) is 3.19. The van der Waals surface area contributed by atoms with Crippen molar-refractivity contribution in [2.45, 2.75) is 30.7 Å². The molecular formula is C19H19NO4S. The Balaban J connectivity index is 1.50. The Labute approximate surface area is 146 Å². The van der Waals surface area contributed by atoms with Gasteiger partial charge in [0.2, 0.25) is 10.0 Å². The van der Waals surface area contributed by atoms with Gasteiger partial charge in [-0.2, -0.15) is 0 Å². The second-order valence-electron chi connectivity index (χ2n) is 6.34. The number of hydrogen-bond donors (Lipinski definition) is 1. The molecule has 0 saturated carbocycles. The van der Waals surface area contributed by atoms with Crippen molar-refractivity contribution in [1.29, 1.82) is 0 Å². The average molecular weight is 357 g/mol. The van der Waals surface area contributed by atoms with Crippen molar-refractivity contribution in [3.8, 4) is 5.75 Å². The van der Waals surface area contributed by atoms with Gasteiger partial charge in [0.1, 0.15) is 17.1 Å². The van der Waals surface area contributed by atoms with Gasteiger partial charge in [0.25, 0.3) is 0 Å². The molecule has 0 amide bonds. The number of para-hydroxylation sites is 1. The zero-order valence-electron chi connectivity index (χ0n) is 13.9.